The maximum atomic E-state index is 13.7. The van der Waals surface area contributed by atoms with E-state index in [0.717, 1.165) is 13.1 Å². The molecule has 5 heteroatoms. The molecular formula is C14H23FN2O2. The molecule has 0 spiro atoms. The van der Waals surface area contributed by atoms with Crippen LogP contribution >= 0.6 is 0 Å². The predicted molar refractivity (Wildman–Crippen MR) is 74.0 cm³/mol. The normalized spacial score (nSPS) is 12.4. The van der Waals surface area contributed by atoms with E-state index in [0.29, 0.717) is 24.5 Å². The van der Waals surface area contributed by atoms with Crippen LogP contribution in [0, 0.1) is 5.82 Å². The van der Waals surface area contributed by atoms with Gasteiger partial charge in [-0.3, -0.25) is 0 Å². The van der Waals surface area contributed by atoms with Gasteiger partial charge >= 0.3 is 0 Å². The van der Waals surface area contributed by atoms with Gasteiger partial charge in [0.25, 0.3) is 0 Å². The van der Waals surface area contributed by atoms with E-state index >= 15 is 0 Å². The second kappa shape index (κ2) is 8.85. The van der Waals surface area contributed by atoms with Crippen molar-refractivity contribution in [1.82, 2.24) is 10.6 Å². The molecule has 0 aliphatic heterocycles. The highest BCUT2D eigenvalue weighted by molar-refractivity contribution is 5.28. The van der Waals surface area contributed by atoms with Gasteiger partial charge in [0.05, 0.1) is 13.7 Å². The highest BCUT2D eigenvalue weighted by Gasteiger charge is 2.06. The Balaban J connectivity index is 2.31. The molecule has 4 nitrogen and oxygen atoms in total. The third-order valence-corrected chi connectivity index (χ3v) is 2.83. The molecule has 0 radical (unpaired) electrons. The van der Waals surface area contributed by atoms with Crippen LogP contribution in [0.25, 0.3) is 0 Å². The van der Waals surface area contributed by atoms with Crippen LogP contribution in [0.15, 0.2) is 18.2 Å². The van der Waals surface area contributed by atoms with Gasteiger partial charge in [-0.05, 0) is 13.0 Å². The van der Waals surface area contributed by atoms with Gasteiger partial charge in [-0.2, -0.15) is 0 Å². The Labute approximate surface area is 114 Å². The van der Waals surface area contributed by atoms with E-state index in [1.54, 1.807) is 19.2 Å². The fourth-order valence-electron chi connectivity index (χ4n) is 1.65. The lowest BCUT2D eigenvalue weighted by Gasteiger charge is -2.15. The number of nitrogens with one attached hydrogen (secondary N) is 2. The van der Waals surface area contributed by atoms with Gasteiger partial charge in [-0.25, -0.2) is 4.39 Å². The number of rotatable bonds is 9. The Hall–Kier alpha value is -1.17. The molecule has 0 saturated carbocycles. The van der Waals surface area contributed by atoms with Gasteiger partial charge in [-0.15, -0.1) is 0 Å². The van der Waals surface area contributed by atoms with E-state index < -0.39 is 0 Å². The van der Waals surface area contributed by atoms with Crippen molar-refractivity contribution in [3.63, 3.8) is 0 Å². The topological polar surface area (TPSA) is 42.5 Å². The van der Waals surface area contributed by atoms with Crippen LogP contribution in [0.4, 0.5) is 4.39 Å². The summed E-state index contributed by atoms with van der Waals surface area (Å²) in [6, 6.07) is 5.17. The molecule has 1 aromatic rings. The number of methoxy groups -OCH3 is 2. The molecule has 1 unspecified atom stereocenters. The van der Waals surface area contributed by atoms with E-state index in [4.69, 9.17) is 9.47 Å². The third-order valence-electron chi connectivity index (χ3n) is 2.83. The summed E-state index contributed by atoms with van der Waals surface area (Å²) < 4.78 is 23.6. The van der Waals surface area contributed by atoms with Crippen molar-refractivity contribution in [2.45, 2.75) is 19.5 Å². The van der Waals surface area contributed by atoms with Crippen molar-refractivity contribution < 1.29 is 13.9 Å². The minimum atomic E-state index is -0.244. The zero-order valence-electron chi connectivity index (χ0n) is 11.8. The van der Waals surface area contributed by atoms with Crippen molar-refractivity contribution in [1.29, 1.82) is 0 Å². The summed E-state index contributed by atoms with van der Waals surface area (Å²) in [5.74, 6) is 0.293. The maximum absolute atomic E-state index is 13.7. The Kier molecular flexibility index (Phi) is 7.40. The second-order valence-electron chi connectivity index (χ2n) is 4.44. The number of hydrogen-bond donors (Lipinski definition) is 2. The molecule has 0 aromatic heterocycles. The molecule has 0 aliphatic rings. The number of ether oxygens (including phenoxy) is 2. The summed E-state index contributed by atoms with van der Waals surface area (Å²) in [6.07, 6.45) is 0. The first-order chi connectivity index (χ1) is 9.17. The molecule has 1 rings (SSSR count). The third kappa shape index (κ3) is 6.00. The van der Waals surface area contributed by atoms with Gasteiger partial charge in [0.1, 0.15) is 11.6 Å². The molecule has 19 heavy (non-hydrogen) atoms. The van der Waals surface area contributed by atoms with Crippen LogP contribution in [0.3, 0.4) is 0 Å². The smallest absolute Gasteiger partial charge is 0.131 e. The highest BCUT2D eigenvalue weighted by atomic mass is 19.1. The molecule has 1 aromatic carbocycles. The lowest BCUT2D eigenvalue weighted by Crippen LogP contribution is -2.37. The number of benzene rings is 1. The van der Waals surface area contributed by atoms with Crippen LogP contribution in [-0.2, 0) is 11.3 Å². The SMILES string of the molecule is COCCNCC(C)NCc1ccc(OC)cc1F. The summed E-state index contributed by atoms with van der Waals surface area (Å²) in [5, 5.41) is 6.52. The molecule has 0 heterocycles. The summed E-state index contributed by atoms with van der Waals surface area (Å²) >= 11 is 0. The van der Waals surface area contributed by atoms with E-state index in [-0.39, 0.29) is 11.9 Å². The van der Waals surface area contributed by atoms with Crippen LogP contribution < -0.4 is 15.4 Å². The Morgan fingerprint density at radius 3 is 2.74 bits per heavy atom. The van der Waals surface area contributed by atoms with E-state index in [1.165, 1.54) is 13.2 Å². The average Bonchev–Trinajstić information content (AvgIpc) is 2.42. The first kappa shape index (κ1) is 15.9. The van der Waals surface area contributed by atoms with Crippen molar-refractivity contribution in [3.05, 3.63) is 29.6 Å². The second-order valence-corrected chi connectivity index (χ2v) is 4.44. The first-order valence-electron chi connectivity index (χ1n) is 6.42. The van der Waals surface area contributed by atoms with E-state index in [2.05, 4.69) is 17.6 Å². The Morgan fingerprint density at radius 1 is 1.32 bits per heavy atom. The lowest BCUT2D eigenvalue weighted by atomic mass is 10.2. The van der Waals surface area contributed by atoms with Crippen LogP contribution in [0.5, 0.6) is 5.75 Å². The molecular weight excluding hydrogens is 247 g/mol. The zero-order valence-corrected chi connectivity index (χ0v) is 11.8. The maximum Gasteiger partial charge on any atom is 0.131 e. The van der Waals surface area contributed by atoms with Gasteiger partial charge in [0, 0.05) is 44.4 Å². The van der Waals surface area contributed by atoms with Gasteiger partial charge in [0.2, 0.25) is 0 Å². The summed E-state index contributed by atoms with van der Waals surface area (Å²) in [7, 11) is 3.20. The van der Waals surface area contributed by atoms with Crippen LogP contribution in [-0.4, -0.2) is 40.0 Å². The predicted octanol–water partition coefficient (Wildman–Crippen LogP) is 1.55. The monoisotopic (exact) mass is 270 g/mol. The summed E-state index contributed by atoms with van der Waals surface area (Å²) in [5.41, 5.74) is 0.643. The fourth-order valence-corrected chi connectivity index (χ4v) is 1.65. The molecule has 108 valence electrons. The minimum absolute atomic E-state index is 0.244. The van der Waals surface area contributed by atoms with Crippen molar-refractivity contribution >= 4 is 0 Å². The number of hydrogen-bond acceptors (Lipinski definition) is 4. The molecule has 0 bridgehead atoms. The van der Waals surface area contributed by atoms with E-state index in [9.17, 15) is 4.39 Å². The number of halogens is 1. The van der Waals surface area contributed by atoms with Gasteiger partial charge in [-0.1, -0.05) is 6.07 Å². The zero-order chi connectivity index (χ0) is 14.1. The van der Waals surface area contributed by atoms with Gasteiger partial charge in [0.15, 0.2) is 0 Å². The van der Waals surface area contributed by atoms with Crippen LogP contribution in [0.2, 0.25) is 0 Å². The summed E-state index contributed by atoms with van der Waals surface area (Å²) in [4.78, 5) is 0. The molecule has 0 saturated heterocycles. The molecule has 1 atom stereocenters. The quantitative estimate of drug-likeness (QED) is 0.668. The van der Waals surface area contributed by atoms with Crippen molar-refractivity contribution in [3.8, 4) is 5.75 Å². The lowest BCUT2D eigenvalue weighted by molar-refractivity contribution is 0.198. The molecule has 0 fully saturated rings. The Morgan fingerprint density at radius 2 is 2.11 bits per heavy atom. The van der Waals surface area contributed by atoms with Gasteiger partial charge < -0.3 is 20.1 Å². The average molecular weight is 270 g/mol. The van der Waals surface area contributed by atoms with E-state index in [1.807, 2.05) is 0 Å². The van der Waals surface area contributed by atoms with Crippen LogP contribution in [0.1, 0.15) is 12.5 Å². The first-order valence-corrected chi connectivity index (χ1v) is 6.42. The fraction of sp³-hybridized carbons (Fsp3) is 0.571. The summed E-state index contributed by atoms with van der Waals surface area (Å²) in [6.45, 7) is 4.89. The van der Waals surface area contributed by atoms with Crippen molar-refractivity contribution in [2.75, 3.05) is 33.9 Å². The molecule has 2 N–H and O–H groups in total. The standard InChI is InChI=1S/C14H23FN2O2/c1-11(9-16-6-7-18-2)17-10-12-4-5-13(19-3)8-14(12)15/h4-5,8,11,16-17H,6-7,9-10H2,1-3H3. The molecule has 0 aliphatic carbocycles. The molecule has 0 amide bonds. The Bertz CT molecular complexity index is 374. The van der Waals surface area contributed by atoms with Crippen molar-refractivity contribution in [2.24, 2.45) is 0 Å². The highest BCUT2D eigenvalue weighted by Crippen LogP contribution is 2.15. The largest absolute Gasteiger partial charge is 0.497 e. The minimum Gasteiger partial charge on any atom is -0.497 e.